The summed E-state index contributed by atoms with van der Waals surface area (Å²) in [5.74, 6) is 0. The minimum atomic E-state index is -0.496. The van der Waals surface area contributed by atoms with E-state index in [0.29, 0.717) is 12.3 Å². The Hall–Kier alpha value is -2.11. The summed E-state index contributed by atoms with van der Waals surface area (Å²) >= 11 is 5.89. The molecule has 5 nitrogen and oxygen atoms in total. The number of hydrogen-bond acceptors (Lipinski definition) is 4. The van der Waals surface area contributed by atoms with Crippen LogP contribution in [0.15, 0.2) is 42.5 Å². The van der Waals surface area contributed by atoms with Gasteiger partial charge in [0.15, 0.2) is 0 Å². The van der Waals surface area contributed by atoms with E-state index in [0.717, 1.165) is 11.3 Å². The molecular formula is C14H13ClN2O3. The van der Waals surface area contributed by atoms with Gasteiger partial charge in [-0.15, -0.1) is 0 Å². The van der Waals surface area contributed by atoms with Gasteiger partial charge in [0.2, 0.25) is 0 Å². The lowest BCUT2D eigenvalue weighted by Crippen LogP contribution is -2.00. The predicted molar refractivity (Wildman–Crippen MR) is 78.5 cm³/mol. The molecule has 0 saturated heterocycles. The van der Waals surface area contributed by atoms with Gasteiger partial charge < -0.3 is 10.1 Å². The second-order valence-electron chi connectivity index (χ2n) is 4.11. The molecule has 0 amide bonds. The Morgan fingerprint density at radius 2 is 1.90 bits per heavy atom. The SMILES string of the molecule is COCc1ccccc1Nc1cccc(Cl)c1[N+](=O)[O-]. The Labute approximate surface area is 121 Å². The number of rotatable bonds is 5. The maximum Gasteiger partial charge on any atom is 0.311 e. The number of methoxy groups -OCH3 is 1. The standard InChI is InChI=1S/C14H13ClN2O3/c1-20-9-10-5-2-3-7-12(10)16-13-8-4-6-11(15)14(13)17(18)19/h2-8,16H,9H2,1H3. The number of hydrogen-bond donors (Lipinski definition) is 1. The van der Waals surface area contributed by atoms with Crippen LogP contribution in [0.3, 0.4) is 0 Å². The average Bonchev–Trinajstić information content (AvgIpc) is 2.41. The van der Waals surface area contributed by atoms with Gasteiger partial charge in [-0.1, -0.05) is 35.9 Å². The fourth-order valence-electron chi connectivity index (χ4n) is 1.87. The van der Waals surface area contributed by atoms with Crippen molar-refractivity contribution in [2.75, 3.05) is 12.4 Å². The van der Waals surface area contributed by atoms with E-state index in [-0.39, 0.29) is 10.7 Å². The van der Waals surface area contributed by atoms with Crippen LogP contribution in [0.1, 0.15) is 5.56 Å². The van der Waals surface area contributed by atoms with Gasteiger partial charge in [0.25, 0.3) is 0 Å². The first-order valence-corrected chi connectivity index (χ1v) is 6.28. The van der Waals surface area contributed by atoms with Crippen LogP contribution < -0.4 is 5.32 Å². The Kier molecular flexibility index (Phi) is 4.55. The molecule has 6 heteroatoms. The van der Waals surface area contributed by atoms with Gasteiger partial charge in [0, 0.05) is 18.4 Å². The Morgan fingerprint density at radius 1 is 1.20 bits per heavy atom. The number of para-hydroxylation sites is 2. The molecule has 0 aromatic heterocycles. The van der Waals surface area contributed by atoms with E-state index in [1.165, 1.54) is 6.07 Å². The van der Waals surface area contributed by atoms with Gasteiger partial charge in [-0.2, -0.15) is 0 Å². The molecule has 104 valence electrons. The summed E-state index contributed by atoms with van der Waals surface area (Å²) in [6.07, 6.45) is 0. The van der Waals surface area contributed by atoms with E-state index < -0.39 is 4.92 Å². The van der Waals surface area contributed by atoms with Crippen LogP contribution in [0.4, 0.5) is 17.1 Å². The van der Waals surface area contributed by atoms with Crippen LogP contribution in [-0.2, 0) is 11.3 Å². The van der Waals surface area contributed by atoms with Crippen molar-refractivity contribution in [1.29, 1.82) is 0 Å². The van der Waals surface area contributed by atoms with Crippen molar-refractivity contribution < 1.29 is 9.66 Å². The third-order valence-electron chi connectivity index (χ3n) is 2.76. The molecule has 0 fully saturated rings. The van der Waals surface area contributed by atoms with Gasteiger partial charge >= 0.3 is 5.69 Å². The zero-order chi connectivity index (χ0) is 14.5. The van der Waals surface area contributed by atoms with Crippen LogP contribution in [0.25, 0.3) is 0 Å². The fourth-order valence-corrected chi connectivity index (χ4v) is 2.11. The summed E-state index contributed by atoms with van der Waals surface area (Å²) in [6, 6.07) is 12.2. The molecule has 2 aromatic carbocycles. The first kappa shape index (κ1) is 14.3. The molecule has 0 unspecified atom stereocenters. The number of anilines is 2. The number of ether oxygens (including phenoxy) is 1. The highest BCUT2D eigenvalue weighted by Gasteiger charge is 2.18. The number of nitro groups is 1. The smallest absolute Gasteiger partial charge is 0.311 e. The Balaban J connectivity index is 2.40. The number of benzene rings is 2. The molecule has 0 bridgehead atoms. The fraction of sp³-hybridized carbons (Fsp3) is 0.143. The molecule has 2 aromatic rings. The van der Waals surface area contributed by atoms with Crippen molar-refractivity contribution in [3.63, 3.8) is 0 Å². The first-order valence-electron chi connectivity index (χ1n) is 5.90. The molecule has 20 heavy (non-hydrogen) atoms. The number of halogens is 1. The molecule has 0 atom stereocenters. The summed E-state index contributed by atoms with van der Waals surface area (Å²) in [4.78, 5) is 10.6. The molecule has 0 saturated carbocycles. The van der Waals surface area contributed by atoms with Crippen LogP contribution in [0.2, 0.25) is 5.02 Å². The number of nitro benzene ring substituents is 1. The van der Waals surface area contributed by atoms with Crippen LogP contribution >= 0.6 is 11.6 Å². The molecule has 2 rings (SSSR count). The molecule has 1 N–H and O–H groups in total. The molecule has 0 aliphatic carbocycles. The first-order chi connectivity index (χ1) is 9.63. The Morgan fingerprint density at radius 3 is 2.60 bits per heavy atom. The average molecular weight is 293 g/mol. The maximum atomic E-state index is 11.1. The van der Waals surface area contributed by atoms with Gasteiger partial charge in [-0.05, 0) is 18.2 Å². The summed E-state index contributed by atoms with van der Waals surface area (Å²) in [5.41, 5.74) is 1.87. The molecule has 0 aliphatic heterocycles. The zero-order valence-electron chi connectivity index (χ0n) is 10.8. The van der Waals surface area contributed by atoms with E-state index in [1.807, 2.05) is 24.3 Å². The van der Waals surface area contributed by atoms with E-state index >= 15 is 0 Å². The monoisotopic (exact) mass is 292 g/mol. The second-order valence-corrected chi connectivity index (χ2v) is 4.52. The predicted octanol–water partition coefficient (Wildman–Crippen LogP) is 4.14. The van der Waals surface area contributed by atoms with Gasteiger partial charge in [0.1, 0.15) is 10.7 Å². The molecule has 0 radical (unpaired) electrons. The highest BCUT2D eigenvalue weighted by molar-refractivity contribution is 6.33. The minimum Gasteiger partial charge on any atom is -0.380 e. The summed E-state index contributed by atoms with van der Waals surface area (Å²) in [7, 11) is 1.60. The van der Waals surface area contributed by atoms with Crippen molar-refractivity contribution in [2.45, 2.75) is 6.61 Å². The van der Waals surface area contributed by atoms with E-state index in [4.69, 9.17) is 16.3 Å². The second kappa shape index (κ2) is 6.36. The molecule has 0 heterocycles. The van der Waals surface area contributed by atoms with Gasteiger partial charge in [-0.25, -0.2) is 0 Å². The lowest BCUT2D eigenvalue weighted by molar-refractivity contribution is -0.383. The lowest BCUT2D eigenvalue weighted by Gasteiger charge is -2.12. The summed E-state index contributed by atoms with van der Waals surface area (Å²) in [6.45, 7) is 0.414. The minimum absolute atomic E-state index is 0.101. The molecule has 0 spiro atoms. The zero-order valence-corrected chi connectivity index (χ0v) is 11.6. The van der Waals surface area contributed by atoms with E-state index in [9.17, 15) is 10.1 Å². The summed E-state index contributed by atoms with van der Waals surface area (Å²) in [5, 5.41) is 14.2. The quantitative estimate of drug-likeness (QED) is 0.664. The van der Waals surface area contributed by atoms with Crippen LogP contribution in [0.5, 0.6) is 0 Å². The number of nitrogens with zero attached hydrogens (tertiary/aromatic N) is 1. The van der Waals surface area contributed by atoms with Crippen molar-refractivity contribution in [1.82, 2.24) is 0 Å². The molecule has 0 aliphatic rings. The van der Waals surface area contributed by atoms with Crippen LogP contribution in [-0.4, -0.2) is 12.0 Å². The van der Waals surface area contributed by atoms with Gasteiger partial charge in [0.05, 0.1) is 11.5 Å². The van der Waals surface area contributed by atoms with Crippen molar-refractivity contribution >= 4 is 28.7 Å². The van der Waals surface area contributed by atoms with E-state index in [1.54, 1.807) is 19.2 Å². The third-order valence-corrected chi connectivity index (χ3v) is 3.06. The third kappa shape index (κ3) is 3.07. The van der Waals surface area contributed by atoms with Crippen molar-refractivity contribution in [2.24, 2.45) is 0 Å². The topological polar surface area (TPSA) is 64.4 Å². The van der Waals surface area contributed by atoms with Crippen molar-refractivity contribution in [3.8, 4) is 0 Å². The van der Waals surface area contributed by atoms with Crippen molar-refractivity contribution in [3.05, 3.63) is 63.2 Å². The highest BCUT2D eigenvalue weighted by Crippen LogP contribution is 2.34. The maximum absolute atomic E-state index is 11.1. The number of nitrogens with one attached hydrogen (secondary N) is 1. The van der Waals surface area contributed by atoms with Gasteiger partial charge in [-0.3, -0.25) is 10.1 Å². The van der Waals surface area contributed by atoms with E-state index in [2.05, 4.69) is 5.32 Å². The summed E-state index contributed by atoms with van der Waals surface area (Å²) < 4.78 is 5.11. The Bertz CT molecular complexity index is 632. The lowest BCUT2D eigenvalue weighted by atomic mass is 10.1. The van der Waals surface area contributed by atoms with Crippen LogP contribution in [0, 0.1) is 10.1 Å². The highest BCUT2D eigenvalue weighted by atomic mass is 35.5. The molecular weight excluding hydrogens is 280 g/mol. The largest absolute Gasteiger partial charge is 0.380 e. The normalized spacial score (nSPS) is 10.3.